The Morgan fingerprint density at radius 1 is 1.24 bits per heavy atom. The Balaban J connectivity index is 2.01. The van der Waals surface area contributed by atoms with E-state index in [2.05, 4.69) is 0 Å². The molecule has 1 aliphatic heterocycles. The Morgan fingerprint density at radius 2 is 1.92 bits per heavy atom. The van der Waals surface area contributed by atoms with Crippen LogP contribution in [-0.4, -0.2) is 46.6 Å². The molecular weight excluding hydrogens is 344 g/mol. The maximum absolute atomic E-state index is 13.1. The second kappa shape index (κ2) is 6.62. The van der Waals surface area contributed by atoms with E-state index in [1.165, 1.54) is 14.9 Å². The normalized spacial score (nSPS) is 15.1. The van der Waals surface area contributed by atoms with Crippen molar-refractivity contribution in [3.05, 3.63) is 52.8 Å². The summed E-state index contributed by atoms with van der Waals surface area (Å²) in [5.74, 6) is -1.22. The van der Waals surface area contributed by atoms with Gasteiger partial charge >= 0.3 is 5.97 Å². The molecule has 0 saturated carbocycles. The fourth-order valence-electron chi connectivity index (χ4n) is 3.26. The first-order valence-corrected chi connectivity index (χ1v) is 9.41. The molecule has 2 heterocycles. The Morgan fingerprint density at radius 3 is 2.56 bits per heavy atom. The fourth-order valence-corrected chi connectivity index (χ4v) is 4.92. The molecule has 3 rings (SSSR count). The Labute approximate surface area is 146 Å². The van der Waals surface area contributed by atoms with E-state index in [0.717, 1.165) is 11.1 Å². The molecule has 0 atom stereocenters. The highest BCUT2D eigenvalue weighted by molar-refractivity contribution is 7.89. The minimum atomic E-state index is -3.82. The maximum Gasteiger partial charge on any atom is 0.352 e. The maximum atomic E-state index is 13.1. The van der Waals surface area contributed by atoms with E-state index in [9.17, 15) is 18.3 Å². The third-order valence-electron chi connectivity index (χ3n) is 4.58. The Hall–Kier alpha value is -2.16. The lowest BCUT2D eigenvalue weighted by atomic mass is 10.0. The van der Waals surface area contributed by atoms with Gasteiger partial charge in [0.1, 0.15) is 10.6 Å². The van der Waals surface area contributed by atoms with Crippen molar-refractivity contribution in [2.24, 2.45) is 0 Å². The molecule has 0 radical (unpaired) electrons. The summed E-state index contributed by atoms with van der Waals surface area (Å²) < 4.78 is 28.8. The second-order valence-electron chi connectivity index (χ2n) is 6.02. The van der Waals surface area contributed by atoms with E-state index < -0.39 is 16.0 Å². The molecule has 2 aromatic rings. The predicted molar refractivity (Wildman–Crippen MR) is 91.0 cm³/mol. The van der Waals surface area contributed by atoms with Crippen LogP contribution in [0.1, 0.15) is 27.3 Å². The number of fused-ring (bicyclic) bond motifs is 1. The SMILES string of the molecule is Cc1c(S(=O)(=O)N2CCc3ccccc3C2)cc(C(=O)O)n1CCO. The van der Waals surface area contributed by atoms with Gasteiger partial charge in [-0.2, -0.15) is 4.31 Å². The zero-order valence-corrected chi connectivity index (χ0v) is 14.7. The third kappa shape index (κ3) is 3.08. The summed E-state index contributed by atoms with van der Waals surface area (Å²) in [6, 6.07) is 8.89. The molecule has 0 saturated heterocycles. The van der Waals surface area contributed by atoms with Gasteiger partial charge < -0.3 is 14.8 Å². The average Bonchev–Trinajstić information content (AvgIpc) is 2.92. The molecule has 8 heteroatoms. The van der Waals surface area contributed by atoms with Crippen LogP contribution in [0.25, 0.3) is 0 Å². The van der Waals surface area contributed by atoms with E-state index in [-0.39, 0.29) is 30.3 Å². The van der Waals surface area contributed by atoms with Crippen LogP contribution >= 0.6 is 0 Å². The summed E-state index contributed by atoms with van der Waals surface area (Å²) in [7, 11) is -3.82. The molecular formula is C17H20N2O5S. The molecule has 134 valence electrons. The summed E-state index contributed by atoms with van der Waals surface area (Å²) in [6.07, 6.45) is 0.623. The highest BCUT2D eigenvalue weighted by Crippen LogP contribution is 2.28. The number of aliphatic hydroxyl groups excluding tert-OH is 1. The van der Waals surface area contributed by atoms with Crippen LogP contribution in [0.3, 0.4) is 0 Å². The van der Waals surface area contributed by atoms with Gasteiger partial charge in [0.05, 0.1) is 6.61 Å². The van der Waals surface area contributed by atoms with Gasteiger partial charge in [0.25, 0.3) is 0 Å². The summed E-state index contributed by atoms with van der Waals surface area (Å²) in [6.45, 7) is 1.95. The first kappa shape index (κ1) is 17.7. The smallest absolute Gasteiger partial charge is 0.352 e. The number of aliphatic hydroxyl groups is 1. The second-order valence-corrected chi connectivity index (χ2v) is 7.92. The molecule has 0 aliphatic carbocycles. The van der Waals surface area contributed by atoms with Gasteiger partial charge in [-0.05, 0) is 30.5 Å². The molecule has 0 amide bonds. The molecule has 1 aliphatic rings. The molecule has 1 aromatic carbocycles. The number of rotatable bonds is 5. The summed E-state index contributed by atoms with van der Waals surface area (Å²) in [5.41, 5.74) is 2.28. The van der Waals surface area contributed by atoms with E-state index in [0.29, 0.717) is 18.7 Å². The number of aromatic carboxylic acids is 1. The van der Waals surface area contributed by atoms with Crippen molar-refractivity contribution >= 4 is 16.0 Å². The number of sulfonamides is 1. The number of hydrogen-bond donors (Lipinski definition) is 2. The van der Waals surface area contributed by atoms with Crippen LogP contribution in [0.2, 0.25) is 0 Å². The van der Waals surface area contributed by atoms with E-state index in [1.54, 1.807) is 6.92 Å². The number of carboxylic acid groups (broad SMARTS) is 1. The van der Waals surface area contributed by atoms with Gasteiger partial charge in [-0.25, -0.2) is 13.2 Å². The summed E-state index contributed by atoms with van der Waals surface area (Å²) >= 11 is 0. The largest absolute Gasteiger partial charge is 0.477 e. The first-order chi connectivity index (χ1) is 11.9. The lowest BCUT2D eigenvalue weighted by Gasteiger charge is -2.28. The quantitative estimate of drug-likeness (QED) is 0.831. The lowest BCUT2D eigenvalue weighted by molar-refractivity contribution is 0.0683. The highest BCUT2D eigenvalue weighted by Gasteiger charge is 2.32. The van der Waals surface area contributed by atoms with Crippen molar-refractivity contribution in [2.75, 3.05) is 13.2 Å². The van der Waals surface area contributed by atoms with Crippen molar-refractivity contribution in [3.8, 4) is 0 Å². The molecule has 0 bridgehead atoms. The van der Waals surface area contributed by atoms with Crippen molar-refractivity contribution in [2.45, 2.75) is 31.3 Å². The molecule has 25 heavy (non-hydrogen) atoms. The molecule has 0 unspecified atom stereocenters. The molecule has 0 fully saturated rings. The van der Waals surface area contributed by atoms with Crippen molar-refractivity contribution in [1.29, 1.82) is 0 Å². The van der Waals surface area contributed by atoms with Crippen molar-refractivity contribution < 1.29 is 23.4 Å². The standard InChI is InChI=1S/C17H20N2O5S/c1-12-16(10-15(17(21)22)19(12)8-9-20)25(23,24)18-7-6-13-4-2-3-5-14(13)11-18/h2-5,10,20H,6-9,11H2,1H3,(H,21,22). The van der Waals surface area contributed by atoms with Gasteiger partial charge in [0.15, 0.2) is 0 Å². The third-order valence-corrected chi connectivity index (χ3v) is 6.54. The van der Waals surface area contributed by atoms with Crippen LogP contribution in [0.4, 0.5) is 0 Å². The number of carboxylic acids is 1. The van der Waals surface area contributed by atoms with Gasteiger partial charge in [-0.1, -0.05) is 24.3 Å². The lowest BCUT2D eigenvalue weighted by Crippen LogP contribution is -2.36. The van der Waals surface area contributed by atoms with Crippen LogP contribution in [0.5, 0.6) is 0 Å². The fraction of sp³-hybridized carbons (Fsp3) is 0.353. The van der Waals surface area contributed by atoms with Crippen LogP contribution in [-0.2, 0) is 29.5 Å². The topological polar surface area (TPSA) is 99.8 Å². The van der Waals surface area contributed by atoms with Gasteiger partial charge in [-0.15, -0.1) is 0 Å². The molecule has 2 N–H and O–H groups in total. The summed E-state index contributed by atoms with van der Waals surface area (Å²) in [4.78, 5) is 11.4. The number of hydrogen-bond acceptors (Lipinski definition) is 4. The van der Waals surface area contributed by atoms with Crippen LogP contribution in [0.15, 0.2) is 35.2 Å². The number of benzene rings is 1. The van der Waals surface area contributed by atoms with Gasteiger partial charge in [0.2, 0.25) is 10.0 Å². The van der Waals surface area contributed by atoms with Crippen LogP contribution < -0.4 is 0 Å². The zero-order chi connectivity index (χ0) is 18.2. The average molecular weight is 364 g/mol. The molecule has 1 aromatic heterocycles. The zero-order valence-electron chi connectivity index (χ0n) is 13.8. The molecule has 7 nitrogen and oxygen atoms in total. The van der Waals surface area contributed by atoms with Crippen molar-refractivity contribution in [3.63, 3.8) is 0 Å². The van der Waals surface area contributed by atoms with Gasteiger partial charge in [0, 0.05) is 25.3 Å². The Bertz CT molecular complexity index is 917. The molecule has 0 spiro atoms. The van der Waals surface area contributed by atoms with E-state index >= 15 is 0 Å². The number of aromatic nitrogens is 1. The minimum Gasteiger partial charge on any atom is -0.477 e. The number of carbonyl (C=O) groups is 1. The van der Waals surface area contributed by atoms with Crippen LogP contribution in [0, 0.1) is 6.92 Å². The van der Waals surface area contributed by atoms with E-state index in [1.807, 2.05) is 24.3 Å². The monoisotopic (exact) mass is 364 g/mol. The predicted octanol–water partition coefficient (Wildman–Crippen LogP) is 1.23. The highest BCUT2D eigenvalue weighted by atomic mass is 32.2. The minimum absolute atomic E-state index is 0.0160. The number of nitrogens with zero attached hydrogens (tertiary/aromatic N) is 2. The van der Waals surface area contributed by atoms with Gasteiger partial charge in [-0.3, -0.25) is 0 Å². The Kier molecular flexibility index (Phi) is 4.68. The van der Waals surface area contributed by atoms with E-state index in [4.69, 9.17) is 5.11 Å². The van der Waals surface area contributed by atoms with Crippen molar-refractivity contribution in [1.82, 2.24) is 8.87 Å². The first-order valence-electron chi connectivity index (χ1n) is 7.97. The summed E-state index contributed by atoms with van der Waals surface area (Å²) in [5, 5.41) is 18.5.